The summed E-state index contributed by atoms with van der Waals surface area (Å²) >= 11 is 0. The van der Waals surface area contributed by atoms with Gasteiger partial charge in [0.05, 0.1) is 26.0 Å². The standard InChI is InChI=1S/C11H17NO3/c1-8(13)7-12-10-6-9(14-2)4-5-11(10)15-3/h4-6,8,12-13H,7H2,1-3H3. The molecule has 15 heavy (non-hydrogen) atoms. The highest BCUT2D eigenvalue weighted by Crippen LogP contribution is 2.28. The number of benzene rings is 1. The van der Waals surface area contributed by atoms with Crippen LogP contribution in [0.4, 0.5) is 5.69 Å². The molecule has 2 N–H and O–H groups in total. The summed E-state index contributed by atoms with van der Waals surface area (Å²) < 4.78 is 10.3. The fraction of sp³-hybridized carbons (Fsp3) is 0.455. The van der Waals surface area contributed by atoms with Gasteiger partial charge in [-0.3, -0.25) is 0 Å². The Labute approximate surface area is 89.8 Å². The van der Waals surface area contributed by atoms with Gasteiger partial charge in [-0.25, -0.2) is 0 Å². The molecule has 0 aliphatic carbocycles. The zero-order valence-corrected chi connectivity index (χ0v) is 9.28. The molecule has 0 spiro atoms. The lowest BCUT2D eigenvalue weighted by molar-refractivity contribution is 0.208. The van der Waals surface area contributed by atoms with Crippen LogP contribution in [0.3, 0.4) is 0 Å². The fourth-order valence-electron chi connectivity index (χ4n) is 1.21. The molecule has 1 rings (SSSR count). The third-order valence-corrected chi connectivity index (χ3v) is 1.99. The van der Waals surface area contributed by atoms with E-state index in [4.69, 9.17) is 14.6 Å². The summed E-state index contributed by atoms with van der Waals surface area (Å²) in [4.78, 5) is 0. The molecule has 1 aromatic rings. The van der Waals surface area contributed by atoms with Crippen molar-refractivity contribution < 1.29 is 14.6 Å². The minimum atomic E-state index is -0.402. The lowest BCUT2D eigenvalue weighted by Gasteiger charge is -2.13. The predicted molar refractivity (Wildman–Crippen MR) is 59.7 cm³/mol. The van der Waals surface area contributed by atoms with Crippen LogP contribution in [-0.2, 0) is 0 Å². The summed E-state index contributed by atoms with van der Waals surface area (Å²) in [6.07, 6.45) is -0.402. The van der Waals surface area contributed by atoms with Crippen molar-refractivity contribution in [2.75, 3.05) is 26.1 Å². The second-order valence-corrected chi connectivity index (χ2v) is 3.30. The maximum Gasteiger partial charge on any atom is 0.142 e. The molecule has 0 radical (unpaired) electrons. The second kappa shape index (κ2) is 5.46. The van der Waals surface area contributed by atoms with E-state index in [0.29, 0.717) is 6.54 Å². The molecular formula is C11H17NO3. The second-order valence-electron chi connectivity index (χ2n) is 3.30. The van der Waals surface area contributed by atoms with Crippen molar-refractivity contribution in [3.63, 3.8) is 0 Å². The SMILES string of the molecule is COc1ccc(OC)c(NCC(C)O)c1. The molecule has 0 aromatic heterocycles. The zero-order valence-electron chi connectivity index (χ0n) is 9.28. The van der Waals surface area contributed by atoms with Gasteiger partial charge in [0.2, 0.25) is 0 Å². The first-order valence-electron chi connectivity index (χ1n) is 4.81. The van der Waals surface area contributed by atoms with E-state index < -0.39 is 6.10 Å². The van der Waals surface area contributed by atoms with Crippen LogP contribution in [-0.4, -0.2) is 32.0 Å². The summed E-state index contributed by atoms with van der Waals surface area (Å²) in [7, 11) is 3.22. The van der Waals surface area contributed by atoms with Gasteiger partial charge in [-0.1, -0.05) is 0 Å². The van der Waals surface area contributed by atoms with Crippen molar-refractivity contribution in [2.45, 2.75) is 13.0 Å². The third-order valence-electron chi connectivity index (χ3n) is 1.99. The van der Waals surface area contributed by atoms with Crippen LogP contribution in [0.5, 0.6) is 11.5 Å². The van der Waals surface area contributed by atoms with Crippen molar-refractivity contribution in [1.29, 1.82) is 0 Å². The number of nitrogens with one attached hydrogen (secondary N) is 1. The van der Waals surface area contributed by atoms with Gasteiger partial charge < -0.3 is 19.9 Å². The minimum absolute atomic E-state index is 0.402. The first kappa shape index (κ1) is 11.7. The number of methoxy groups -OCH3 is 2. The normalized spacial score (nSPS) is 12.0. The number of rotatable bonds is 5. The average Bonchev–Trinajstić information content (AvgIpc) is 2.25. The smallest absolute Gasteiger partial charge is 0.142 e. The van der Waals surface area contributed by atoms with Crippen LogP contribution >= 0.6 is 0 Å². The number of hydrogen-bond acceptors (Lipinski definition) is 4. The van der Waals surface area contributed by atoms with Crippen molar-refractivity contribution in [3.8, 4) is 11.5 Å². The lowest BCUT2D eigenvalue weighted by Crippen LogP contribution is -2.15. The van der Waals surface area contributed by atoms with E-state index in [-0.39, 0.29) is 0 Å². The highest BCUT2D eigenvalue weighted by molar-refractivity contribution is 5.59. The number of ether oxygens (including phenoxy) is 2. The van der Waals surface area contributed by atoms with Gasteiger partial charge in [-0.15, -0.1) is 0 Å². The van der Waals surface area contributed by atoms with Gasteiger partial charge in [0, 0.05) is 12.6 Å². The molecule has 0 amide bonds. The molecule has 0 fully saturated rings. The maximum atomic E-state index is 9.17. The number of aliphatic hydroxyl groups excluding tert-OH is 1. The van der Waals surface area contributed by atoms with Gasteiger partial charge in [-0.05, 0) is 19.1 Å². The van der Waals surface area contributed by atoms with E-state index in [2.05, 4.69) is 5.32 Å². The molecule has 0 saturated heterocycles. The summed E-state index contributed by atoms with van der Waals surface area (Å²) in [5, 5.41) is 12.3. The molecule has 4 heteroatoms. The summed E-state index contributed by atoms with van der Waals surface area (Å²) in [5.74, 6) is 1.49. The Hall–Kier alpha value is -1.42. The number of anilines is 1. The van der Waals surface area contributed by atoms with Gasteiger partial charge >= 0.3 is 0 Å². The lowest BCUT2D eigenvalue weighted by atomic mass is 10.2. The van der Waals surface area contributed by atoms with Crippen molar-refractivity contribution >= 4 is 5.69 Å². The molecule has 0 heterocycles. The van der Waals surface area contributed by atoms with E-state index in [1.165, 1.54) is 0 Å². The zero-order chi connectivity index (χ0) is 11.3. The summed E-state index contributed by atoms with van der Waals surface area (Å²) in [5.41, 5.74) is 0.817. The van der Waals surface area contributed by atoms with Crippen LogP contribution in [0, 0.1) is 0 Å². The average molecular weight is 211 g/mol. The molecule has 1 aromatic carbocycles. The Morgan fingerprint density at radius 2 is 2.07 bits per heavy atom. The quantitative estimate of drug-likeness (QED) is 0.775. The minimum Gasteiger partial charge on any atom is -0.497 e. The highest BCUT2D eigenvalue weighted by atomic mass is 16.5. The van der Waals surface area contributed by atoms with E-state index >= 15 is 0 Å². The van der Waals surface area contributed by atoms with Crippen LogP contribution in [0.25, 0.3) is 0 Å². The Kier molecular flexibility index (Phi) is 4.24. The van der Waals surface area contributed by atoms with Gasteiger partial charge in [0.1, 0.15) is 11.5 Å². The Morgan fingerprint density at radius 3 is 2.60 bits per heavy atom. The third kappa shape index (κ3) is 3.32. The molecule has 0 bridgehead atoms. The summed E-state index contributed by atoms with van der Waals surface area (Å²) in [6.45, 7) is 2.20. The molecule has 1 atom stereocenters. The van der Waals surface area contributed by atoms with E-state index in [1.807, 2.05) is 18.2 Å². The van der Waals surface area contributed by atoms with Gasteiger partial charge in [0.25, 0.3) is 0 Å². The number of aliphatic hydroxyl groups is 1. The maximum absolute atomic E-state index is 9.17. The van der Waals surface area contributed by atoms with Crippen molar-refractivity contribution in [3.05, 3.63) is 18.2 Å². The fourth-order valence-corrected chi connectivity index (χ4v) is 1.21. The predicted octanol–water partition coefficient (Wildman–Crippen LogP) is 1.50. The molecule has 84 valence electrons. The van der Waals surface area contributed by atoms with Crippen molar-refractivity contribution in [2.24, 2.45) is 0 Å². The largest absolute Gasteiger partial charge is 0.497 e. The first-order chi connectivity index (χ1) is 7.17. The highest BCUT2D eigenvalue weighted by Gasteiger charge is 2.05. The Morgan fingerprint density at radius 1 is 1.33 bits per heavy atom. The molecule has 0 aliphatic rings. The van der Waals surface area contributed by atoms with Crippen molar-refractivity contribution in [1.82, 2.24) is 0 Å². The Balaban J connectivity index is 2.81. The van der Waals surface area contributed by atoms with Gasteiger partial charge in [0.15, 0.2) is 0 Å². The van der Waals surface area contributed by atoms with Crippen LogP contribution in [0.15, 0.2) is 18.2 Å². The van der Waals surface area contributed by atoms with E-state index in [0.717, 1.165) is 17.2 Å². The van der Waals surface area contributed by atoms with Crippen LogP contribution in [0.1, 0.15) is 6.92 Å². The molecular weight excluding hydrogens is 194 g/mol. The first-order valence-corrected chi connectivity index (χ1v) is 4.81. The monoisotopic (exact) mass is 211 g/mol. The number of hydrogen-bond donors (Lipinski definition) is 2. The van der Waals surface area contributed by atoms with Crippen LogP contribution in [0.2, 0.25) is 0 Å². The topological polar surface area (TPSA) is 50.7 Å². The van der Waals surface area contributed by atoms with E-state index in [9.17, 15) is 0 Å². The van der Waals surface area contributed by atoms with Gasteiger partial charge in [-0.2, -0.15) is 0 Å². The molecule has 1 unspecified atom stereocenters. The summed E-state index contributed by atoms with van der Waals surface area (Å²) in [6, 6.07) is 5.48. The Bertz CT molecular complexity index is 313. The molecule has 0 aliphatic heterocycles. The van der Waals surface area contributed by atoms with E-state index in [1.54, 1.807) is 21.1 Å². The molecule has 0 saturated carbocycles. The molecule has 4 nitrogen and oxygen atoms in total. The van der Waals surface area contributed by atoms with Crippen LogP contribution < -0.4 is 14.8 Å².